The molecular formula is C14H21N3O. The molecule has 0 unspecified atom stereocenters. The zero-order valence-electron chi connectivity index (χ0n) is 11.0. The van der Waals surface area contributed by atoms with Gasteiger partial charge in [-0.15, -0.1) is 0 Å². The highest BCUT2D eigenvalue weighted by molar-refractivity contribution is 5.89. The number of hydrogen-bond acceptors (Lipinski definition) is 2. The zero-order valence-corrected chi connectivity index (χ0v) is 11.0. The topological polar surface area (TPSA) is 58.4 Å². The Hall–Kier alpha value is -1.71. The maximum atomic E-state index is 12.2. The van der Waals surface area contributed by atoms with E-state index >= 15 is 0 Å². The molecule has 4 heteroatoms. The van der Waals surface area contributed by atoms with E-state index in [0.717, 1.165) is 12.2 Å². The summed E-state index contributed by atoms with van der Waals surface area (Å²) in [5.74, 6) is 0.699. The van der Waals surface area contributed by atoms with E-state index in [1.54, 1.807) is 12.1 Å². The van der Waals surface area contributed by atoms with Crippen LogP contribution in [0.25, 0.3) is 0 Å². The molecule has 1 aromatic rings. The molecule has 18 heavy (non-hydrogen) atoms. The number of benzene rings is 1. The van der Waals surface area contributed by atoms with Crippen LogP contribution in [0, 0.1) is 5.92 Å². The number of carbonyl (C=O) groups is 1. The molecule has 1 aliphatic rings. The minimum absolute atomic E-state index is 0.0262. The molecule has 0 aromatic heterocycles. The highest BCUT2D eigenvalue weighted by Gasteiger charge is 2.28. The van der Waals surface area contributed by atoms with Crippen molar-refractivity contribution < 1.29 is 4.79 Å². The van der Waals surface area contributed by atoms with Crippen molar-refractivity contribution >= 4 is 17.4 Å². The van der Waals surface area contributed by atoms with Gasteiger partial charge in [0, 0.05) is 24.0 Å². The van der Waals surface area contributed by atoms with Gasteiger partial charge in [-0.2, -0.15) is 0 Å². The van der Waals surface area contributed by atoms with E-state index < -0.39 is 0 Å². The Morgan fingerprint density at radius 1 is 1.39 bits per heavy atom. The maximum absolute atomic E-state index is 12.2. The average molecular weight is 247 g/mol. The fourth-order valence-corrected chi connectivity index (χ4v) is 1.87. The van der Waals surface area contributed by atoms with Crippen LogP contribution in [0.4, 0.5) is 16.2 Å². The summed E-state index contributed by atoms with van der Waals surface area (Å²) < 4.78 is 0. The Morgan fingerprint density at radius 3 is 2.50 bits per heavy atom. The molecule has 2 amide bonds. The molecular weight excluding hydrogens is 226 g/mol. The van der Waals surface area contributed by atoms with Crippen molar-refractivity contribution in [1.29, 1.82) is 0 Å². The maximum Gasteiger partial charge on any atom is 0.322 e. The average Bonchev–Trinajstić information content (AvgIpc) is 3.12. The van der Waals surface area contributed by atoms with Gasteiger partial charge in [0.25, 0.3) is 0 Å². The lowest BCUT2D eigenvalue weighted by Gasteiger charge is -2.27. The van der Waals surface area contributed by atoms with Crippen molar-refractivity contribution in [3.05, 3.63) is 24.3 Å². The van der Waals surface area contributed by atoms with Crippen LogP contribution < -0.4 is 11.1 Å². The number of nitrogens with one attached hydrogen (secondary N) is 1. The second-order valence-electron chi connectivity index (χ2n) is 5.24. The molecule has 0 radical (unpaired) electrons. The molecule has 0 atom stereocenters. The van der Waals surface area contributed by atoms with Crippen LogP contribution >= 0.6 is 0 Å². The Kier molecular flexibility index (Phi) is 3.75. The summed E-state index contributed by atoms with van der Waals surface area (Å²) in [5, 5.41) is 2.92. The van der Waals surface area contributed by atoms with Gasteiger partial charge in [-0.05, 0) is 56.9 Å². The summed E-state index contributed by atoms with van der Waals surface area (Å²) in [7, 11) is 0. The SMILES string of the molecule is CC(C)N(CC1CC1)C(=O)Nc1ccc(N)cc1. The summed E-state index contributed by atoms with van der Waals surface area (Å²) in [5.41, 5.74) is 7.10. The van der Waals surface area contributed by atoms with E-state index in [0.29, 0.717) is 11.6 Å². The second-order valence-corrected chi connectivity index (χ2v) is 5.24. The van der Waals surface area contributed by atoms with Gasteiger partial charge in [-0.25, -0.2) is 4.79 Å². The number of amides is 2. The summed E-state index contributed by atoms with van der Waals surface area (Å²) in [6.45, 7) is 4.95. The summed E-state index contributed by atoms with van der Waals surface area (Å²) in [6, 6.07) is 7.42. The number of rotatable bonds is 4. The first-order valence-corrected chi connectivity index (χ1v) is 6.49. The number of nitrogen functional groups attached to an aromatic ring is 1. The van der Waals surface area contributed by atoms with Gasteiger partial charge in [0.1, 0.15) is 0 Å². The van der Waals surface area contributed by atoms with Crippen molar-refractivity contribution in [2.24, 2.45) is 5.92 Å². The number of anilines is 2. The smallest absolute Gasteiger partial charge is 0.322 e. The van der Waals surface area contributed by atoms with Gasteiger partial charge in [-0.1, -0.05) is 0 Å². The second kappa shape index (κ2) is 5.29. The fourth-order valence-electron chi connectivity index (χ4n) is 1.87. The lowest BCUT2D eigenvalue weighted by atomic mass is 10.2. The van der Waals surface area contributed by atoms with Gasteiger partial charge >= 0.3 is 6.03 Å². The predicted octanol–water partition coefficient (Wildman–Crippen LogP) is 2.92. The van der Waals surface area contributed by atoms with Gasteiger partial charge in [0.15, 0.2) is 0 Å². The van der Waals surface area contributed by atoms with Crippen LogP contribution in [0.5, 0.6) is 0 Å². The van der Waals surface area contributed by atoms with Crippen LogP contribution in [0.1, 0.15) is 26.7 Å². The number of nitrogens with zero attached hydrogens (tertiary/aromatic N) is 1. The summed E-state index contributed by atoms with van der Waals surface area (Å²) in [4.78, 5) is 14.1. The number of carbonyl (C=O) groups excluding carboxylic acids is 1. The standard InChI is InChI=1S/C14H21N3O/c1-10(2)17(9-11-3-4-11)14(18)16-13-7-5-12(15)6-8-13/h5-8,10-11H,3-4,9,15H2,1-2H3,(H,16,18). The van der Waals surface area contributed by atoms with E-state index in [-0.39, 0.29) is 12.1 Å². The first-order chi connectivity index (χ1) is 8.56. The molecule has 4 nitrogen and oxygen atoms in total. The monoisotopic (exact) mass is 247 g/mol. The minimum Gasteiger partial charge on any atom is -0.399 e. The Bertz CT molecular complexity index is 410. The van der Waals surface area contributed by atoms with E-state index in [4.69, 9.17) is 5.73 Å². The molecule has 0 heterocycles. The lowest BCUT2D eigenvalue weighted by Crippen LogP contribution is -2.41. The molecule has 0 aliphatic heterocycles. The summed E-state index contributed by atoms with van der Waals surface area (Å²) >= 11 is 0. The molecule has 1 aliphatic carbocycles. The van der Waals surface area contributed by atoms with Crippen LogP contribution in [0.3, 0.4) is 0 Å². The summed E-state index contributed by atoms with van der Waals surface area (Å²) in [6.07, 6.45) is 2.50. The first kappa shape index (κ1) is 12.7. The molecule has 0 spiro atoms. The van der Waals surface area contributed by atoms with Crippen LogP contribution in [0.15, 0.2) is 24.3 Å². The largest absolute Gasteiger partial charge is 0.399 e. The molecule has 1 fully saturated rings. The first-order valence-electron chi connectivity index (χ1n) is 6.49. The van der Waals surface area contributed by atoms with Gasteiger partial charge in [0.2, 0.25) is 0 Å². The van der Waals surface area contributed by atoms with Gasteiger partial charge < -0.3 is 16.0 Å². The van der Waals surface area contributed by atoms with E-state index in [1.165, 1.54) is 12.8 Å². The molecule has 0 saturated heterocycles. The van der Waals surface area contributed by atoms with Crippen LogP contribution in [-0.2, 0) is 0 Å². The van der Waals surface area contributed by atoms with Crippen molar-refractivity contribution in [2.75, 3.05) is 17.6 Å². The molecule has 1 saturated carbocycles. The van der Waals surface area contributed by atoms with Crippen molar-refractivity contribution in [3.63, 3.8) is 0 Å². The van der Waals surface area contributed by atoms with Gasteiger partial charge in [-0.3, -0.25) is 0 Å². The third kappa shape index (κ3) is 3.39. The molecule has 3 N–H and O–H groups in total. The Labute approximate surface area is 108 Å². The van der Waals surface area contributed by atoms with E-state index in [2.05, 4.69) is 5.32 Å². The van der Waals surface area contributed by atoms with E-state index in [9.17, 15) is 4.79 Å². The Morgan fingerprint density at radius 2 is 2.00 bits per heavy atom. The third-order valence-corrected chi connectivity index (χ3v) is 3.20. The normalized spacial score (nSPS) is 14.6. The lowest BCUT2D eigenvalue weighted by molar-refractivity contribution is 0.194. The number of urea groups is 1. The van der Waals surface area contributed by atoms with E-state index in [1.807, 2.05) is 30.9 Å². The molecule has 1 aromatic carbocycles. The van der Waals surface area contributed by atoms with Crippen LogP contribution in [0.2, 0.25) is 0 Å². The van der Waals surface area contributed by atoms with Crippen molar-refractivity contribution in [3.8, 4) is 0 Å². The third-order valence-electron chi connectivity index (χ3n) is 3.20. The van der Waals surface area contributed by atoms with Crippen molar-refractivity contribution in [2.45, 2.75) is 32.7 Å². The molecule has 98 valence electrons. The minimum atomic E-state index is -0.0262. The molecule has 2 rings (SSSR count). The number of nitrogens with two attached hydrogens (primary N) is 1. The number of hydrogen-bond donors (Lipinski definition) is 2. The predicted molar refractivity (Wildman–Crippen MR) is 74.4 cm³/mol. The fraction of sp³-hybridized carbons (Fsp3) is 0.500. The van der Waals surface area contributed by atoms with Crippen LogP contribution in [-0.4, -0.2) is 23.5 Å². The molecule has 0 bridgehead atoms. The Balaban J connectivity index is 1.97. The highest BCUT2D eigenvalue weighted by atomic mass is 16.2. The highest BCUT2D eigenvalue weighted by Crippen LogP contribution is 2.30. The van der Waals surface area contributed by atoms with Crippen molar-refractivity contribution in [1.82, 2.24) is 4.90 Å². The zero-order chi connectivity index (χ0) is 13.1. The van der Waals surface area contributed by atoms with Gasteiger partial charge in [0.05, 0.1) is 0 Å². The quantitative estimate of drug-likeness (QED) is 0.804.